The van der Waals surface area contributed by atoms with Crippen LogP contribution in [0.1, 0.15) is 17.5 Å². The quantitative estimate of drug-likeness (QED) is 0.399. The molecule has 27 heavy (non-hydrogen) atoms. The van der Waals surface area contributed by atoms with Gasteiger partial charge < -0.3 is 0 Å². The third-order valence-corrected chi connectivity index (χ3v) is 5.42. The number of hydrogen-bond acceptors (Lipinski definition) is 1. The number of pyridine rings is 1. The molecule has 1 aliphatic rings. The molecule has 4 aromatic rings. The summed E-state index contributed by atoms with van der Waals surface area (Å²) in [5.74, 6) is 0. The SMILES string of the molecule is c1ccc(-c2cc(-c3ccccc3)c3c(n2)-c2ccccc2CCC3)cc1. The van der Waals surface area contributed by atoms with Crippen molar-refractivity contribution in [1.82, 2.24) is 4.98 Å². The number of rotatable bonds is 2. The highest BCUT2D eigenvalue weighted by Crippen LogP contribution is 2.39. The van der Waals surface area contributed by atoms with Crippen molar-refractivity contribution in [3.8, 4) is 33.6 Å². The molecule has 3 aromatic carbocycles. The predicted octanol–water partition coefficient (Wildman–Crippen LogP) is 6.57. The molecule has 130 valence electrons. The first kappa shape index (κ1) is 16.0. The summed E-state index contributed by atoms with van der Waals surface area (Å²) >= 11 is 0. The van der Waals surface area contributed by atoms with Crippen molar-refractivity contribution in [2.75, 3.05) is 0 Å². The van der Waals surface area contributed by atoms with E-state index in [1.165, 1.54) is 33.4 Å². The van der Waals surface area contributed by atoms with Crippen LogP contribution in [0.25, 0.3) is 33.6 Å². The topological polar surface area (TPSA) is 12.9 Å². The van der Waals surface area contributed by atoms with Crippen LogP contribution in [-0.4, -0.2) is 4.98 Å². The van der Waals surface area contributed by atoms with Crippen LogP contribution in [0.3, 0.4) is 0 Å². The van der Waals surface area contributed by atoms with Crippen LogP contribution in [0.5, 0.6) is 0 Å². The third kappa shape index (κ3) is 2.96. The number of nitrogens with zero attached hydrogens (tertiary/aromatic N) is 1. The molecule has 0 fully saturated rings. The highest BCUT2D eigenvalue weighted by atomic mass is 14.7. The van der Waals surface area contributed by atoms with E-state index in [2.05, 4.69) is 91.0 Å². The molecule has 1 nitrogen and oxygen atoms in total. The fourth-order valence-electron chi connectivity index (χ4n) is 4.10. The van der Waals surface area contributed by atoms with Crippen molar-refractivity contribution in [3.05, 3.63) is 102 Å². The van der Waals surface area contributed by atoms with Gasteiger partial charge in [-0.05, 0) is 47.6 Å². The van der Waals surface area contributed by atoms with E-state index >= 15 is 0 Å². The van der Waals surface area contributed by atoms with Gasteiger partial charge >= 0.3 is 0 Å². The van der Waals surface area contributed by atoms with Gasteiger partial charge in [0.15, 0.2) is 0 Å². The Kier molecular flexibility index (Phi) is 4.06. The Morgan fingerprint density at radius 3 is 2.04 bits per heavy atom. The Morgan fingerprint density at radius 2 is 1.26 bits per heavy atom. The summed E-state index contributed by atoms with van der Waals surface area (Å²) in [6, 6.07) is 32.3. The third-order valence-electron chi connectivity index (χ3n) is 5.42. The molecule has 1 aromatic heterocycles. The molecule has 0 bridgehead atoms. The van der Waals surface area contributed by atoms with Gasteiger partial charge in [0, 0.05) is 11.1 Å². The Labute approximate surface area is 160 Å². The average Bonchev–Trinajstić information content (AvgIpc) is 2.94. The molecule has 0 saturated heterocycles. The Balaban J connectivity index is 1.82. The number of fused-ring (bicyclic) bond motifs is 3. The molecule has 0 unspecified atom stereocenters. The minimum absolute atomic E-state index is 1.05. The molecule has 0 aliphatic heterocycles. The van der Waals surface area contributed by atoms with Gasteiger partial charge in [-0.1, -0.05) is 84.9 Å². The first-order valence-electron chi connectivity index (χ1n) is 9.63. The van der Waals surface area contributed by atoms with Gasteiger partial charge in [0.25, 0.3) is 0 Å². The smallest absolute Gasteiger partial charge is 0.0750 e. The number of aryl methyl sites for hydroxylation is 1. The first-order valence-corrected chi connectivity index (χ1v) is 9.63. The second-order valence-electron chi connectivity index (χ2n) is 7.12. The lowest BCUT2D eigenvalue weighted by Crippen LogP contribution is -1.99. The zero-order valence-electron chi connectivity index (χ0n) is 15.2. The molecule has 0 atom stereocenters. The van der Waals surface area contributed by atoms with E-state index in [0.717, 1.165) is 30.7 Å². The lowest BCUT2D eigenvalue weighted by Gasteiger charge is -2.16. The Bertz CT molecular complexity index is 1080. The molecule has 0 saturated carbocycles. The molecule has 1 heteroatoms. The maximum atomic E-state index is 5.17. The molecular weight excluding hydrogens is 326 g/mol. The minimum atomic E-state index is 1.05. The van der Waals surface area contributed by atoms with Crippen LogP contribution >= 0.6 is 0 Å². The summed E-state index contributed by atoms with van der Waals surface area (Å²) in [4.78, 5) is 5.17. The van der Waals surface area contributed by atoms with E-state index in [4.69, 9.17) is 4.98 Å². The molecule has 0 radical (unpaired) electrons. The summed E-state index contributed by atoms with van der Waals surface area (Å²) in [5.41, 5.74) is 10.0. The summed E-state index contributed by atoms with van der Waals surface area (Å²) in [6.45, 7) is 0. The molecule has 1 heterocycles. The number of aromatic nitrogens is 1. The van der Waals surface area contributed by atoms with Crippen LogP contribution in [-0.2, 0) is 12.8 Å². The van der Waals surface area contributed by atoms with E-state index < -0.39 is 0 Å². The van der Waals surface area contributed by atoms with Crippen LogP contribution in [0, 0.1) is 0 Å². The van der Waals surface area contributed by atoms with Gasteiger partial charge in [-0.15, -0.1) is 0 Å². The van der Waals surface area contributed by atoms with Gasteiger partial charge in [0.1, 0.15) is 0 Å². The monoisotopic (exact) mass is 347 g/mol. The maximum absolute atomic E-state index is 5.17. The lowest BCUT2D eigenvalue weighted by atomic mass is 9.92. The van der Waals surface area contributed by atoms with E-state index in [1.54, 1.807) is 0 Å². The van der Waals surface area contributed by atoms with Gasteiger partial charge in [0.2, 0.25) is 0 Å². The first-order chi connectivity index (χ1) is 13.4. The average molecular weight is 347 g/mol. The summed E-state index contributed by atoms with van der Waals surface area (Å²) in [6.07, 6.45) is 3.34. The van der Waals surface area contributed by atoms with E-state index in [1.807, 2.05) is 0 Å². The molecule has 0 spiro atoms. The van der Waals surface area contributed by atoms with Gasteiger partial charge in [-0.2, -0.15) is 0 Å². The van der Waals surface area contributed by atoms with E-state index in [-0.39, 0.29) is 0 Å². The zero-order valence-corrected chi connectivity index (χ0v) is 15.2. The van der Waals surface area contributed by atoms with Crippen LogP contribution < -0.4 is 0 Å². The molecule has 0 N–H and O–H groups in total. The largest absolute Gasteiger partial charge is 0.247 e. The fourth-order valence-corrected chi connectivity index (χ4v) is 4.10. The van der Waals surface area contributed by atoms with Crippen LogP contribution in [0.2, 0.25) is 0 Å². The fraction of sp³-hybridized carbons (Fsp3) is 0.115. The van der Waals surface area contributed by atoms with Crippen molar-refractivity contribution in [1.29, 1.82) is 0 Å². The normalized spacial score (nSPS) is 12.7. The summed E-state index contributed by atoms with van der Waals surface area (Å²) in [5, 5.41) is 0. The van der Waals surface area contributed by atoms with Crippen LogP contribution in [0.4, 0.5) is 0 Å². The van der Waals surface area contributed by atoms with E-state index in [0.29, 0.717) is 0 Å². The molecule has 1 aliphatic carbocycles. The van der Waals surface area contributed by atoms with Crippen molar-refractivity contribution >= 4 is 0 Å². The van der Waals surface area contributed by atoms with Gasteiger partial charge in [-0.3, -0.25) is 0 Å². The van der Waals surface area contributed by atoms with Crippen molar-refractivity contribution in [3.63, 3.8) is 0 Å². The second kappa shape index (κ2) is 6.85. The number of benzene rings is 3. The molecule has 0 amide bonds. The standard InChI is InChI=1S/C26H21N/c1-3-10-20(11-4-1)24-18-25(21-13-5-2-6-14-21)27-26-22-16-8-7-12-19(22)15-9-17-23(24)26/h1-8,10-14,16,18H,9,15,17H2. The van der Waals surface area contributed by atoms with Crippen molar-refractivity contribution < 1.29 is 0 Å². The maximum Gasteiger partial charge on any atom is 0.0750 e. The number of hydrogen-bond donors (Lipinski definition) is 0. The Hall–Kier alpha value is -3.19. The summed E-state index contributed by atoms with van der Waals surface area (Å²) < 4.78 is 0. The predicted molar refractivity (Wildman–Crippen MR) is 113 cm³/mol. The van der Waals surface area contributed by atoms with Crippen LogP contribution in [0.15, 0.2) is 91.0 Å². The van der Waals surface area contributed by atoms with Gasteiger partial charge in [-0.25, -0.2) is 4.98 Å². The van der Waals surface area contributed by atoms with Crippen molar-refractivity contribution in [2.24, 2.45) is 0 Å². The second-order valence-corrected chi connectivity index (χ2v) is 7.12. The zero-order chi connectivity index (χ0) is 18.1. The Morgan fingerprint density at radius 1 is 0.593 bits per heavy atom. The van der Waals surface area contributed by atoms with Gasteiger partial charge in [0.05, 0.1) is 11.4 Å². The molecular formula is C26H21N. The lowest BCUT2D eigenvalue weighted by molar-refractivity contribution is 0.834. The highest BCUT2D eigenvalue weighted by molar-refractivity contribution is 5.82. The molecule has 5 rings (SSSR count). The summed E-state index contributed by atoms with van der Waals surface area (Å²) in [7, 11) is 0. The highest BCUT2D eigenvalue weighted by Gasteiger charge is 2.20. The van der Waals surface area contributed by atoms with Crippen molar-refractivity contribution in [2.45, 2.75) is 19.3 Å². The van der Waals surface area contributed by atoms with E-state index in [9.17, 15) is 0 Å². The minimum Gasteiger partial charge on any atom is -0.247 e.